The molecule has 0 radical (unpaired) electrons. The fraction of sp³-hybridized carbons (Fsp3) is 0.500. The van der Waals surface area contributed by atoms with Gasteiger partial charge >= 0.3 is 0 Å². The van der Waals surface area contributed by atoms with E-state index in [1.807, 2.05) is 37.3 Å². The molecule has 0 aliphatic heterocycles. The van der Waals surface area contributed by atoms with Gasteiger partial charge in [-0.2, -0.15) is 0 Å². The quantitative estimate of drug-likeness (QED) is 0.743. The monoisotopic (exact) mass is 209 g/mol. The molecule has 15 heavy (non-hydrogen) atoms. The zero-order valence-electron chi connectivity index (χ0n) is 9.31. The Morgan fingerprint density at radius 3 is 2.60 bits per heavy atom. The second-order valence-corrected chi connectivity index (χ2v) is 3.69. The van der Waals surface area contributed by atoms with Crippen LogP contribution >= 0.6 is 0 Å². The van der Waals surface area contributed by atoms with Gasteiger partial charge in [-0.05, 0) is 12.5 Å². The first-order chi connectivity index (χ1) is 7.24. The predicted molar refractivity (Wildman–Crippen MR) is 60.7 cm³/mol. The molecule has 3 heteroatoms. The lowest BCUT2D eigenvalue weighted by molar-refractivity contribution is 0.143. The summed E-state index contributed by atoms with van der Waals surface area (Å²) in [6.07, 6.45) is -0.453. The van der Waals surface area contributed by atoms with Crippen LogP contribution in [0.3, 0.4) is 0 Å². The highest BCUT2D eigenvalue weighted by molar-refractivity contribution is 5.17. The van der Waals surface area contributed by atoms with Crippen molar-refractivity contribution in [2.45, 2.75) is 19.1 Å². The van der Waals surface area contributed by atoms with Crippen LogP contribution in [-0.2, 0) is 4.74 Å². The van der Waals surface area contributed by atoms with E-state index in [9.17, 15) is 5.11 Å². The highest BCUT2D eigenvalue weighted by atomic mass is 16.5. The summed E-state index contributed by atoms with van der Waals surface area (Å²) in [4.78, 5) is 0. The molecule has 0 heterocycles. The van der Waals surface area contributed by atoms with Gasteiger partial charge in [0.25, 0.3) is 0 Å². The maximum atomic E-state index is 9.83. The highest BCUT2D eigenvalue weighted by Crippen LogP contribution is 2.10. The van der Waals surface area contributed by atoms with Crippen molar-refractivity contribution in [2.24, 2.45) is 0 Å². The Kier molecular flexibility index (Phi) is 5.32. The van der Waals surface area contributed by atoms with Crippen LogP contribution in [0.1, 0.15) is 18.6 Å². The smallest absolute Gasteiger partial charge is 0.0914 e. The van der Waals surface area contributed by atoms with Crippen molar-refractivity contribution in [1.29, 1.82) is 0 Å². The Morgan fingerprint density at radius 2 is 2.00 bits per heavy atom. The third-order valence-electron chi connectivity index (χ3n) is 2.26. The van der Waals surface area contributed by atoms with Crippen molar-refractivity contribution < 1.29 is 9.84 Å². The van der Waals surface area contributed by atoms with Gasteiger partial charge in [-0.1, -0.05) is 30.3 Å². The molecule has 0 amide bonds. The van der Waals surface area contributed by atoms with Crippen LogP contribution in [0.15, 0.2) is 30.3 Å². The van der Waals surface area contributed by atoms with Crippen molar-refractivity contribution in [3.05, 3.63) is 35.9 Å². The van der Waals surface area contributed by atoms with Crippen LogP contribution in [0.5, 0.6) is 0 Å². The summed E-state index contributed by atoms with van der Waals surface area (Å²) in [5, 5.41) is 13.0. The van der Waals surface area contributed by atoms with E-state index in [0.29, 0.717) is 13.2 Å². The summed E-state index contributed by atoms with van der Waals surface area (Å²) < 4.78 is 5.00. The molecule has 0 aliphatic carbocycles. The lowest BCUT2D eigenvalue weighted by Crippen LogP contribution is -2.33. The minimum atomic E-state index is -0.453. The number of rotatable bonds is 6. The molecule has 0 saturated carbocycles. The lowest BCUT2D eigenvalue weighted by Gasteiger charge is -2.16. The Balaban J connectivity index is 2.33. The minimum Gasteiger partial charge on any atom is -0.387 e. The molecule has 0 spiro atoms. The minimum absolute atomic E-state index is 0.258. The summed E-state index contributed by atoms with van der Waals surface area (Å²) in [5.41, 5.74) is 0.939. The van der Waals surface area contributed by atoms with E-state index in [0.717, 1.165) is 5.56 Å². The molecule has 0 aliphatic rings. The fourth-order valence-electron chi connectivity index (χ4n) is 1.41. The second-order valence-electron chi connectivity index (χ2n) is 3.69. The predicted octanol–water partition coefficient (Wildman–Crippen LogP) is 1.34. The number of aliphatic hydroxyl groups excluding tert-OH is 1. The van der Waals surface area contributed by atoms with Crippen molar-refractivity contribution in [3.63, 3.8) is 0 Å². The molecule has 1 aromatic rings. The standard InChI is InChI=1S/C12H19NO2/c1-10(9-15-2)13-8-12(14)11-6-4-3-5-7-11/h3-7,10,12-14H,8-9H2,1-2H3/t10-,12+/m0/s1. The van der Waals surface area contributed by atoms with E-state index in [-0.39, 0.29) is 6.04 Å². The van der Waals surface area contributed by atoms with Gasteiger partial charge in [-0.25, -0.2) is 0 Å². The Labute approximate surface area is 91.1 Å². The van der Waals surface area contributed by atoms with Crippen LogP contribution < -0.4 is 5.32 Å². The zero-order valence-corrected chi connectivity index (χ0v) is 9.31. The first-order valence-electron chi connectivity index (χ1n) is 5.19. The van der Waals surface area contributed by atoms with Gasteiger partial charge in [0.1, 0.15) is 0 Å². The maximum absolute atomic E-state index is 9.83. The van der Waals surface area contributed by atoms with E-state index in [1.165, 1.54) is 0 Å². The molecule has 0 bridgehead atoms. The van der Waals surface area contributed by atoms with Gasteiger partial charge in [0, 0.05) is 19.7 Å². The SMILES string of the molecule is COC[C@H](C)NC[C@@H](O)c1ccccc1. The number of aliphatic hydroxyl groups is 1. The van der Waals surface area contributed by atoms with Crippen molar-refractivity contribution >= 4 is 0 Å². The van der Waals surface area contributed by atoms with Crippen LogP contribution in [0.25, 0.3) is 0 Å². The fourth-order valence-corrected chi connectivity index (χ4v) is 1.41. The third-order valence-corrected chi connectivity index (χ3v) is 2.26. The molecule has 0 unspecified atom stereocenters. The number of hydrogen-bond donors (Lipinski definition) is 2. The Hall–Kier alpha value is -0.900. The van der Waals surface area contributed by atoms with Crippen LogP contribution in [0, 0.1) is 0 Å². The maximum Gasteiger partial charge on any atom is 0.0914 e. The van der Waals surface area contributed by atoms with E-state index in [2.05, 4.69) is 5.32 Å². The molecule has 2 atom stereocenters. The highest BCUT2D eigenvalue weighted by Gasteiger charge is 2.08. The van der Waals surface area contributed by atoms with E-state index in [4.69, 9.17) is 4.74 Å². The summed E-state index contributed by atoms with van der Waals surface area (Å²) in [7, 11) is 1.67. The van der Waals surface area contributed by atoms with E-state index in [1.54, 1.807) is 7.11 Å². The third kappa shape index (κ3) is 4.42. The molecule has 1 rings (SSSR count). The molecule has 0 saturated heterocycles. The lowest BCUT2D eigenvalue weighted by atomic mass is 10.1. The first kappa shape index (κ1) is 12.2. The van der Waals surface area contributed by atoms with E-state index >= 15 is 0 Å². The molecular formula is C12H19NO2. The van der Waals surface area contributed by atoms with Crippen LogP contribution in [-0.4, -0.2) is 31.4 Å². The molecule has 0 aromatic heterocycles. The molecule has 2 N–H and O–H groups in total. The average Bonchev–Trinajstić information content (AvgIpc) is 2.27. The number of methoxy groups -OCH3 is 1. The van der Waals surface area contributed by atoms with Gasteiger partial charge in [0.15, 0.2) is 0 Å². The Bertz CT molecular complexity index is 264. The van der Waals surface area contributed by atoms with Gasteiger partial charge in [-0.3, -0.25) is 0 Å². The number of benzene rings is 1. The van der Waals surface area contributed by atoms with Gasteiger partial charge in [0.05, 0.1) is 12.7 Å². The molecule has 84 valence electrons. The Morgan fingerprint density at radius 1 is 1.33 bits per heavy atom. The van der Waals surface area contributed by atoms with Crippen LogP contribution in [0.2, 0.25) is 0 Å². The largest absolute Gasteiger partial charge is 0.387 e. The van der Waals surface area contributed by atoms with Crippen molar-refractivity contribution in [2.75, 3.05) is 20.3 Å². The molecular weight excluding hydrogens is 190 g/mol. The topological polar surface area (TPSA) is 41.5 Å². The molecule has 0 fully saturated rings. The normalized spacial score (nSPS) is 14.9. The zero-order chi connectivity index (χ0) is 11.1. The molecule has 1 aromatic carbocycles. The van der Waals surface area contributed by atoms with Crippen molar-refractivity contribution in [3.8, 4) is 0 Å². The number of ether oxygens (including phenoxy) is 1. The first-order valence-corrected chi connectivity index (χ1v) is 5.19. The van der Waals surface area contributed by atoms with E-state index < -0.39 is 6.10 Å². The molecule has 3 nitrogen and oxygen atoms in total. The average molecular weight is 209 g/mol. The summed E-state index contributed by atoms with van der Waals surface area (Å²) in [6.45, 7) is 3.23. The van der Waals surface area contributed by atoms with Crippen molar-refractivity contribution in [1.82, 2.24) is 5.32 Å². The number of hydrogen-bond acceptors (Lipinski definition) is 3. The summed E-state index contributed by atoms with van der Waals surface area (Å²) in [5.74, 6) is 0. The van der Waals surface area contributed by atoms with Gasteiger partial charge in [0.2, 0.25) is 0 Å². The van der Waals surface area contributed by atoms with Gasteiger partial charge < -0.3 is 15.2 Å². The summed E-state index contributed by atoms with van der Waals surface area (Å²) in [6, 6.07) is 9.90. The second kappa shape index (κ2) is 6.56. The summed E-state index contributed by atoms with van der Waals surface area (Å²) >= 11 is 0. The van der Waals surface area contributed by atoms with Crippen LogP contribution in [0.4, 0.5) is 0 Å². The van der Waals surface area contributed by atoms with Gasteiger partial charge in [-0.15, -0.1) is 0 Å². The number of nitrogens with one attached hydrogen (secondary N) is 1.